The van der Waals surface area contributed by atoms with E-state index in [4.69, 9.17) is 16.3 Å². The van der Waals surface area contributed by atoms with Crippen molar-refractivity contribution < 1.29 is 13.9 Å². The number of ether oxygens (including phenoxy) is 1. The monoisotopic (exact) mass is 363 g/mol. The van der Waals surface area contributed by atoms with Gasteiger partial charge in [-0.25, -0.2) is 4.39 Å². The van der Waals surface area contributed by atoms with Crippen LogP contribution in [0.1, 0.15) is 23.2 Å². The van der Waals surface area contributed by atoms with Crippen molar-refractivity contribution in [3.05, 3.63) is 34.1 Å². The van der Waals surface area contributed by atoms with E-state index in [0.717, 1.165) is 12.8 Å². The average Bonchev–Trinajstić information content (AvgIpc) is 2.44. The molecule has 1 aliphatic heterocycles. The van der Waals surface area contributed by atoms with Gasteiger partial charge in [0.15, 0.2) is 0 Å². The van der Waals surface area contributed by atoms with E-state index in [-0.39, 0.29) is 12.0 Å². The van der Waals surface area contributed by atoms with Crippen molar-refractivity contribution in [1.82, 2.24) is 4.90 Å². The molecule has 2 rings (SSSR count). The van der Waals surface area contributed by atoms with Gasteiger partial charge in [-0.05, 0) is 31.0 Å². The van der Waals surface area contributed by atoms with Crippen molar-refractivity contribution in [2.75, 3.05) is 25.6 Å². The standard InChI is InChI=1S/C14H16BrClFNO2/c15-11-7-10(8-12(17)9-11)14(19)18-4-1-13(2-5-18)20-6-3-16/h7-9,13H,1-6H2. The molecule has 110 valence electrons. The molecule has 1 aliphatic rings. The lowest BCUT2D eigenvalue weighted by atomic mass is 10.1. The molecular formula is C14H16BrClFNO2. The van der Waals surface area contributed by atoms with Crippen LogP contribution >= 0.6 is 27.5 Å². The Morgan fingerprint density at radius 3 is 2.70 bits per heavy atom. The van der Waals surface area contributed by atoms with Crippen molar-refractivity contribution in [3.63, 3.8) is 0 Å². The molecule has 0 aliphatic carbocycles. The van der Waals surface area contributed by atoms with Gasteiger partial charge in [0.05, 0.1) is 12.7 Å². The average molecular weight is 365 g/mol. The summed E-state index contributed by atoms with van der Waals surface area (Å²) in [5.41, 5.74) is 0.372. The number of hydrogen-bond donors (Lipinski definition) is 0. The summed E-state index contributed by atoms with van der Waals surface area (Å²) in [6.07, 6.45) is 1.75. The fourth-order valence-corrected chi connectivity index (χ4v) is 2.85. The van der Waals surface area contributed by atoms with Crippen molar-refractivity contribution in [2.24, 2.45) is 0 Å². The molecule has 6 heteroatoms. The van der Waals surface area contributed by atoms with E-state index >= 15 is 0 Å². The summed E-state index contributed by atoms with van der Waals surface area (Å²) in [5, 5.41) is 0. The first kappa shape index (κ1) is 15.7. The van der Waals surface area contributed by atoms with Gasteiger partial charge in [0.1, 0.15) is 5.82 Å². The molecule has 0 spiro atoms. The Balaban J connectivity index is 1.94. The number of nitrogens with zero attached hydrogens (tertiary/aromatic N) is 1. The minimum absolute atomic E-state index is 0.138. The molecule has 0 unspecified atom stereocenters. The van der Waals surface area contributed by atoms with Crippen LogP contribution in [-0.4, -0.2) is 42.5 Å². The van der Waals surface area contributed by atoms with Gasteiger partial charge in [0.2, 0.25) is 0 Å². The molecular weight excluding hydrogens is 349 g/mol. The lowest BCUT2D eigenvalue weighted by Gasteiger charge is -2.32. The summed E-state index contributed by atoms with van der Waals surface area (Å²) >= 11 is 8.78. The largest absolute Gasteiger partial charge is 0.377 e. The third kappa shape index (κ3) is 4.17. The zero-order valence-electron chi connectivity index (χ0n) is 10.9. The summed E-state index contributed by atoms with van der Waals surface area (Å²) in [6, 6.07) is 4.24. The quantitative estimate of drug-likeness (QED) is 0.766. The molecule has 0 bridgehead atoms. The highest BCUT2D eigenvalue weighted by molar-refractivity contribution is 9.10. The van der Waals surface area contributed by atoms with Crippen LogP contribution in [0.3, 0.4) is 0 Å². The minimum Gasteiger partial charge on any atom is -0.377 e. The van der Waals surface area contributed by atoms with Gasteiger partial charge in [-0.15, -0.1) is 11.6 Å². The van der Waals surface area contributed by atoms with Crippen LogP contribution in [0.25, 0.3) is 0 Å². The van der Waals surface area contributed by atoms with Gasteiger partial charge in [-0.1, -0.05) is 15.9 Å². The van der Waals surface area contributed by atoms with Crippen LogP contribution in [0.15, 0.2) is 22.7 Å². The number of alkyl halides is 1. The molecule has 0 N–H and O–H groups in total. The second-order valence-corrected chi connectivity index (χ2v) is 6.00. The van der Waals surface area contributed by atoms with Crippen LogP contribution in [0.2, 0.25) is 0 Å². The van der Waals surface area contributed by atoms with Gasteiger partial charge >= 0.3 is 0 Å². The molecule has 0 saturated carbocycles. The number of carbonyl (C=O) groups is 1. The molecule has 1 saturated heterocycles. The number of rotatable bonds is 4. The van der Waals surface area contributed by atoms with Gasteiger partial charge in [-0.2, -0.15) is 0 Å². The molecule has 0 radical (unpaired) electrons. The second-order valence-electron chi connectivity index (χ2n) is 4.71. The van der Waals surface area contributed by atoms with E-state index in [0.29, 0.717) is 35.6 Å². The summed E-state index contributed by atoms with van der Waals surface area (Å²) in [4.78, 5) is 14.0. The first-order chi connectivity index (χ1) is 9.60. The van der Waals surface area contributed by atoms with Crippen LogP contribution in [0.5, 0.6) is 0 Å². The maximum atomic E-state index is 13.3. The molecule has 20 heavy (non-hydrogen) atoms. The highest BCUT2D eigenvalue weighted by atomic mass is 79.9. The smallest absolute Gasteiger partial charge is 0.253 e. The number of carbonyl (C=O) groups excluding carboxylic acids is 1. The lowest BCUT2D eigenvalue weighted by Crippen LogP contribution is -2.41. The predicted molar refractivity (Wildman–Crippen MR) is 79.7 cm³/mol. The molecule has 1 fully saturated rings. The van der Waals surface area contributed by atoms with Gasteiger partial charge in [-0.3, -0.25) is 4.79 Å². The van der Waals surface area contributed by atoms with E-state index < -0.39 is 5.82 Å². The number of halogens is 3. The van der Waals surface area contributed by atoms with Crippen molar-refractivity contribution in [2.45, 2.75) is 18.9 Å². The van der Waals surface area contributed by atoms with Gasteiger partial charge < -0.3 is 9.64 Å². The van der Waals surface area contributed by atoms with Gasteiger partial charge in [0.25, 0.3) is 5.91 Å². The fourth-order valence-electron chi connectivity index (χ4n) is 2.30. The summed E-state index contributed by atoms with van der Waals surface area (Å²) < 4.78 is 19.5. The number of piperidine rings is 1. The lowest BCUT2D eigenvalue weighted by molar-refractivity contribution is 0.0154. The molecule has 3 nitrogen and oxygen atoms in total. The summed E-state index contributed by atoms with van der Waals surface area (Å²) in [6.45, 7) is 1.79. The van der Waals surface area contributed by atoms with Crippen LogP contribution < -0.4 is 0 Å². The molecule has 0 atom stereocenters. The van der Waals surface area contributed by atoms with Crippen LogP contribution in [0, 0.1) is 5.82 Å². The predicted octanol–water partition coefficient (Wildman–Crippen LogP) is 3.45. The third-order valence-corrected chi connectivity index (χ3v) is 3.88. The Morgan fingerprint density at radius 2 is 2.10 bits per heavy atom. The SMILES string of the molecule is O=C(c1cc(F)cc(Br)c1)N1CCC(OCCCl)CC1. The van der Waals surface area contributed by atoms with Crippen molar-refractivity contribution in [1.29, 1.82) is 0 Å². The maximum Gasteiger partial charge on any atom is 0.253 e. The highest BCUT2D eigenvalue weighted by Gasteiger charge is 2.24. The Hall–Kier alpha value is -0.650. The topological polar surface area (TPSA) is 29.5 Å². The molecule has 1 aromatic carbocycles. The van der Waals surface area contributed by atoms with Crippen LogP contribution in [-0.2, 0) is 4.74 Å². The Morgan fingerprint density at radius 1 is 1.40 bits per heavy atom. The third-order valence-electron chi connectivity index (χ3n) is 3.27. The minimum atomic E-state index is -0.414. The number of benzene rings is 1. The second kappa shape index (κ2) is 7.38. The van der Waals surface area contributed by atoms with E-state index in [2.05, 4.69) is 15.9 Å². The van der Waals surface area contributed by atoms with E-state index in [1.54, 1.807) is 11.0 Å². The zero-order valence-corrected chi connectivity index (χ0v) is 13.3. The molecule has 1 amide bonds. The van der Waals surface area contributed by atoms with Gasteiger partial charge in [0, 0.05) is 29.0 Å². The van der Waals surface area contributed by atoms with Crippen molar-refractivity contribution >= 4 is 33.4 Å². The molecule has 1 heterocycles. The first-order valence-electron chi connectivity index (χ1n) is 6.53. The molecule has 0 aromatic heterocycles. The Kier molecular flexibility index (Phi) is 5.81. The van der Waals surface area contributed by atoms with Crippen LogP contribution in [0.4, 0.5) is 4.39 Å². The first-order valence-corrected chi connectivity index (χ1v) is 7.86. The summed E-state index contributed by atoms with van der Waals surface area (Å²) in [5.74, 6) is -0.0692. The van der Waals surface area contributed by atoms with E-state index in [9.17, 15) is 9.18 Å². The highest BCUT2D eigenvalue weighted by Crippen LogP contribution is 2.20. The Labute approximate surface area is 131 Å². The normalized spacial score (nSPS) is 16.4. The fraction of sp³-hybridized carbons (Fsp3) is 0.500. The number of hydrogen-bond acceptors (Lipinski definition) is 2. The summed E-state index contributed by atoms with van der Waals surface area (Å²) in [7, 11) is 0. The van der Waals surface area contributed by atoms with Crippen molar-refractivity contribution in [3.8, 4) is 0 Å². The number of likely N-dealkylation sites (tertiary alicyclic amines) is 1. The Bertz CT molecular complexity index is 458. The zero-order chi connectivity index (χ0) is 14.5. The van der Waals surface area contributed by atoms with E-state index in [1.165, 1.54) is 12.1 Å². The number of amides is 1. The molecule has 1 aromatic rings. The van der Waals surface area contributed by atoms with E-state index in [1.807, 2.05) is 0 Å². The maximum absolute atomic E-state index is 13.3.